The van der Waals surface area contributed by atoms with Gasteiger partial charge in [-0.1, -0.05) is 0 Å². The van der Waals surface area contributed by atoms with E-state index >= 15 is 0 Å². The van der Waals surface area contributed by atoms with Gasteiger partial charge in [-0.25, -0.2) is 23.1 Å². The van der Waals surface area contributed by atoms with E-state index in [9.17, 15) is 18.0 Å². The highest BCUT2D eigenvalue weighted by molar-refractivity contribution is 14.0. The summed E-state index contributed by atoms with van der Waals surface area (Å²) in [6, 6.07) is 3.46. The van der Waals surface area contributed by atoms with Gasteiger partial charge in [0.05, 0.1) is 12.2 Å². The highest BCUT2D eigenvalue weighted by atomic mass is 127. The zero-order valence-electron chi connectivity index (χ0n) is 16.1. The summed E-state index contributed by atoms with van der Waals surface area (Å²) in [6.07, 6.45) is 3.37. The van der Waals surface area contributed by atoms with Gasteiger partial charge in [-0.15, -0.1) is 24.0 Å². The Morgan fingerprint density at radius 3 is 2.40 bits per heavy atom. The molecule has 0 bridgehead atoms. The second-order valence-corrected chi connectivity index (χ2v) is 6.19. The molecule has 2 aromatic rings. The average Bonchev–Trinajstić information content (AvgIpc) is 2.75. The van der Waals surface area contributed by atoms with Gasteiger partial charge in [-0.2, -0.15) is 0 Å². The van der Waals surface area contributed by atoms with E-state index in [1.807, 2.05) is 9.80 Å². The van der Waals surface area contributed by atoms with Gasteiger partial charge in [-0.05, 0) is 18.2 Å². The Labute approximate surface area is 188 Å². The Balaban J connectivity index is 0.00000320. The molecule has 1 aromatic heterocycles. The molecule has 1 aliphatic heterocycles. The van der Waals surface area contributed by atoms with Crippen molar-refractivity contribution in [1.29, 1.82) is 0 Å². The van der Waals surface area contributed by atoms with E-state index in [0.29, 0.717) is 38.1 Å². The quantitative estimate of drug-likeness (QED) is 0.269. The van der Waals surface area contributed by atoms with E-state index < -0.39 is 29.0 Å². The van der Waals surface area contributed by atoms with Gasteiger partial charge in [0.2, 0.25) is 11.9 Å². The van der Waals surface area contributed by atoms with Crippen molar-refractivity contribution in [3.05, 3.63) is 48.0 Å². The molecule has 3 rings (SSSR count). The van der Waals surface area contributed by atoms with Crippen LogP contribution in [0.3, 0.4) is 0 Å². The molecule has 0 spiro atoms. The van der Waals surface area contributed by atoms with Crippen molar-refractivity contribution in [2.45, 2.75) is 0 Å². The van der Waals surface area contributed by atoms with Crippen LogP contribution in [-0.4, -0.2) is 66.5 Å². The number of piperazine rings is 1. The van der Waals surface area contributed by atoms with Gasteiger partial charge in [-0.3, -0.25) is 9.79 Å². The van der Waals surface area contributed by atoms with Crippen LogP contribution in [0.5, 0.6) is 0 Å². The highest BCUT2D eigenvalue weighted by Gasteiger charge is 2.22. The number of benzene rings is 1. The number of nitrogens with zero attached hydrogens (tertiary/aromatic N) is 5. The lowest BCUT2D eigenvalue weighted by molar-refractivity contribution is -0.115. The molecule has 1 amide bonds. The minimum absolute atomic E-state index is 0. The number of halogens is 4. The van der Waals surface area contributed by atoms with Gasteiger partial charge in [0, 0.05) is 45.6 Å². The lowest BCUT2D eigenvalue weighted by atomic mass is 10.2. The van der Waals surface area contributed by atoms with E-state index in [1.165, 1.54) is 0 Å². The second-order valence-electron chi connectivity index (χ2n) is 6.19. The lowest BCUT2D eigenvalue weighted by Gasteiger charge is -2.36. The van der Waals surface area contributed by atoms with Gasteiger partial charge in [0.1, 0.15) is 0 Å². The predicted octanol–water partition coefficient (Wildman–Crippen LogP) is 1.85. The Bertz CT molecular complexity index is 893. The third-order valence-electron chi connectivity index (χ3n) is 4.34. The molecule has 0 unspecified atom stereocenters. The maximum atomic E-state index is 13.7. The molecule has 1 aromatic carbocycles. The number of anilines is 2. The molecule has 162 valence electrons. The molecular formula is C18H21F3IN7O. The fraction of sp³-hybridized carbons (Fsp3) is 0.333. The van der Waals surface area contributed by atoms with E-state index in [4.69, 9.17) is 0 Å². The molecule has 0 aliphatic carbocycles. The molecule has 30 heavy (non-hydrogen) atoms. The molecule has 0 radical (unpaired) electrons. The first kappa shape index (κ1) is 23.6. The Morgan fingerprint density at radius 2 is 1.77 bits per heavy atom. The maximum Gasteiger partial charge on any atom is 0.243 e. The van der Waals surface area contributed by atoms with Gasteiger partial charge < -0.3 is 20.4 Å². The molecule has 1 saturated heterocycles. The third-order valence-corrected chi connectivity index (χ3v) is 4.34. The Kier molecular flexibility index (Phi) is 8.62. The summed E-state index contributed by atoms with van der Waals surface area (Å²) < 4.78 is 39.9. The number of hydrogen-bond acceptors (Lipinski definition) is 5. The van der Waals surface area contributed by atoms with E-state index in [0.717, 1.165) is 12.1 Å². The summed E-state index contributed by atoms with van der Waals surface area (Å²) in [5, 5.41) is 5.09. The number of guanidine groups is 1. The summed E-state index contributed by atoms with van der Waals surface area (Å²) in [7, 11) is 1.59. The minimum atomic E-state index is -1.63. The third kappa shape index (κ3) is 5.70. The number of nitrogens with one attached hydrogen (secondary N) is 2. The van der Waals surface area contributed by atoms with Crippen molar-refractivity contribution in [3.63, 3.8) is 0 Å². The van der Waals surface area contributed by atoms with Crippen LogP contribution in [0, 0.1) is 17.5 Å². The molecule has 0 saturated carbocycles. The van der Waals surface area contributed by atoms with Crippen LogP contribution < -0.4 is 15.5 Å². The number of aromatic nitrogens is 2. The van der Waals surface area contributed by atoms with E-state index in [1.54, 1.807) is 25.5 Å². The number of carbonyl (C=O) groups is 1. The monoisotopic (exact) mass is 535 g/mol. The Hall–Kier alpha value is -2.64. The molecular weight excluding hydrogens is 514 g/mol. The summed E-state index contributed by atoms with van der Waals surface area (Å²) in [6.45, 7) is 2.41. The van der Waals surface area contributed by atoms with Crippen LogP contribution in [0.1, 0.15) is 0 Å². The molecule has 1 fully saturated rings. The molecule has 0 atom stereocenters. The van der Waals surface area contributed by atoms with Crippen LogP contribution in [0.4, 0.5) is 24.8 Å². The molecule has 2 N–H and O–H groups in total. The van der Waals surface area contributed by atoms with Crippen molar-refractivity contribution in [1.82, 2.24) is 20.2 Å². The van der Waals surface area contributed by atoms with Crippen LogP contribution >= 0.6 is 24.0 Å². The second kappa shape index (κ2) is 10.9. The summed E-state index contributed by atoms with van der Waals surface area (Å²) in [4.78, 5) is 28.7. The molecule has 2 heterocycles. The van der Waals surface area contributed by atoms with Crippen molar-refractivity contribution >= 4 is 47.5 Å². The number of aliphatic imine (C=N–C) groups is 1. The van der Waals surface area contributed by atoms with Crippen molar-refractivity contribution < 1.29 is 18.0 Å². The molecule has 8 nitrogen and oxygen atoms in total. The number of amides is 1. The van der Waals surface area contributed by atoms with E-state index in [-0.39, 0.29) is 30.5 Å². The van der Waals surface area contributed by atoms with Crippen LogP contribution in [0.25, 0.3) is 0 Å². The highest BCUT2D eigenvalue weighted by Crippen LogP contribution is 2.19. The first-order valence-corrected chi connectivity index (χ1v) is 8.90. The first-order valence-electron chi connectivity index (χ1n) is 8.90. The SMILES string of the molecule is CN=C(NCC(=O)Nc1ccc(F)c(F)c1F)N1CCN(c2ncccn2)CC1.I. The molecule has 12 heteroatoms. The van der Waals surface area contributed by atoms with Crippen molar-refractivity contribution in [3.8, 4) is 0 Å². The lowest BCUT2D eigenvalue weighted by Crippen LogP contribution is -2.53. The minimum Gasteiger partial charge on any atom is -0.347 e. The smallest absolute Gasteiger partial charge is 0.243 e. The summed E-state index contributed by atoms with van der Waals surface area (Å²) in [5.41, 5.74) is -0.429. The van der Waals surface area contributed by atoms with Crippen molar-refractivity contribution in [2.75, 3.05) is 50.0 Å². The maximum absolute atomic E-state index is 13.7. The fourth-order valence-corrected chi connectivity index (χ4v) is 2.88. The number of rotatable bonds is 4. The van der Waals surface area contributed by atoms with Crippen LogP contribution in [0.2, 0.25) is 0 Å². The normalized spacial score (nSPS) is 14.2. The molecule has 1 aliphatic rings. The topological polar surface area (TPSA) is 85.8 Å². The summed E-state index contributed by atoms with van der Waals surface area (Å²) >= 11 is 0. The average molecular weight is 535 g/mol. The van der Waals surface area contributed by atoms with Gasteiger partial charge in [0.15, 0.2) is 23.4 Å². The largest absolute Gasteiger partial charge is 0.347 e. The van der Waals surface area contributed by atoms with Crippen LogP contribution in [0.15, 0.2) is 35.6 Å². The summed E-state index contributed by atoms with van der Waals surface area (Å²) in [5.74, 6) is -3.86. The van der Waals surface area contributed by atoms with Gasteiger partial charge in [0.25, 0.3) is 0 Å². The number of carbonyl (C=O) groups excluding carboxylic acids is 1. The predicted molar refractivity (Wildman–Crippen MR) is 118 cm³/mol. The zero-order valence-corrected chi connectivity index (χ0v) is 18.4. The number of hydrogen-bond donors (Lipinski definition) is 2. The first-order chi connectivity index (χ1) is 14.0. The van der Waals surface area contributed by atoms with Crippen molar-refractivity contribution in [2.24, 2.45) is 4.99 Å². The van der Waals surface area contributed by atoms with Gasteiger partial charge >= 0.3 is 0 Å². The zero-order chi connectivity index (χ0) is 20.8. The standard InChI is InChI=1S/C18H20F3N7O.HI/c1-22-17(27-7-9-28(10-8-27)18-23-5-2-6-24-18)25-11-14(29)26-13-4-3-12(19)15(20)16(13)21;/h2-6H,7-11H2,1H3,(H,22,25)(H,26,29);1H. The van der Waals surface area contributed by atoms with Crippen LogP contribution in [-0.2, 0) is 4.79 Å². The van der Waals surface area contributed by atoms with E-state index in [2.05, 4.69) is 25.6 Å². The Morgan fingerprint density at radius 1 is 1.10 bits per heavy atom. The fourth-order valence-electron chi connectivity index (χ4n) is 2.88.